The monoisotopic (exact) mass is 469 g/mol. The molecule has 0 N–H and O–H groups in total. The van der Waals surface area contributed by atoms with Gasteiger partial charge in [0, 0.05) is 35.6 Å². The first-order valence-electron chi connectivity index (χ1n) is 10.8. The highest BCUT2D eigenvalue weighted by molar-refractivity contribution is 7.71. The van der Waals surface area contributed by atoms with Gasteiger partial charge in [0.1, 0.15) is 5.69 Å². The van der Waals surface area contributed by atoms with E-state index < -0.39 is 5.82 Å². The normalized spacial score (nSPS) is 13.0. The number of rotatable bonds is 3. The molecule has 0 radical (unpaired) electrons. The number of pyridine rings is 1. The molecular formula is C26H20FN5OS. The number of halogens is 1. The predicted octanol–water partition coefficient (Wildman–Crippen LogP) is 6.92. The molecule has 2 aromatic carbocycles. The van der Waals surface area contributed by atoms with Gasteiger partial charge in [-0.2, -0.15) is 0 Å². The van der Waals surface area contributed by atoms with Crippen molar-refractivity contribution in [1.82, 2.24) is 14.1 Å². The lowest BCUT2D eigenvalue weighted by Gasteiger charge is -2.16. The summed E-state index contributed by atoms with van der Waals surface area (Å²) in [4.78, 5) is 25.3. The molecule has 34 heavy (non-hydrogen) atoms. The minimum atomic E-state index is -0.562. The third-order valence-electron chi connectivity index (χ3n) is 6.13. The predicted molar refractivity (Wildman–Crippen MR) is 133 cm³/mol. The quantitative estimate of drug-likeness (QED) is 0.242. The second kappa shape index (κ2) is 8.12. The Morgan fingerprint density at radius 3 is 2.62 bits per heavy atom. The summed E-state index contributed by atoms with van der Waals surface area (Å²) in [5.74, 6) is -0.717. The van der Waals surface area contributed by atoms with E-state index in [0.29, 0.717) is 33.9 Å². The third-order valence-corrected chi connectivity index (χ3v) is 6.50. The second-order valence-corrected chi connectivity index (χ2v) is 8.66. The van der Waals surface area contributed by atoms with Gasteiger partial charge in [-0.1, -0.05) is 13.0 Å². The third kappa shape index (κ3) is 3.28. The minimum absolute atomic E-state index is 0.0901. The van der Waals surface area contributed by atoms with Gasteiger partial charge in [-0.25, -0.2) is 14.2 Å². The first-order valence-corrected chi connectivity index (χ1v) is 11.3. The van der Waals surface area contributed by atoms with Crippen LogP contribution in [0.3, 0.4) is 0 Å². The van der Waals surface area contributed by atoms with E-state index in [1.165, 1.54) is 6.07 Å². The molecule has 6 nitrogen and oxygen atoms in total. The lowest BCUT2D eigenvalue weighted by Crippen LogP contribution is -2.14. The molecule has 3 heterocycles. The first kappa shape index (κ1) is 21.9. The van der Waals surface area contributed by atoms with E-state index >= 15 is 4.39 Å². The number of ketones is 1. The number of hydrogen-bond donors (Lipinski definition) is 0. The van der Waals surface area contributed by atoms with E-state index in [1.54, 1.807) is 22.9 Å². The Kier molecular flexibility index (Phi) is 5.22. The first-order chi connectivity index (χ1) is 16.3. The van der Waals surface area contributed by atoms with Crippen molar-refractivity contribution < 1.29 is 9.18 Å². The van der Waals surface area contributed by atoms with Crippen LogP contribution >= 0.6 is 12.2 Å². The Morgan fingerprint density at radius 2 is 1.91 bits per heavy atom. The fourth-order valence-electron chi connectivity index (χ4n) is 4.36. The van der Waals surface area contributed by atoms with Gasteiger partial charge in [0.2, 0.25) is 0 Å². The highest BCUT2D eigenvalue weighted by Crippen LogP contribution is 2.35. The van der Waals surface area contributed by atoms with Gasteiger partial charge in [-0.3, -0.25) is 18.9 Å². The van der Waals surface area contributed by atoms with Crippen molar-refractivity contribution in [2.24, 2.45) is 4.99 Å². The molecule has 0 saturated carbocycles. The molecule has 1 aliphatic rings. The highest BCUT2D eigenvalue weighted by Gasteiger charge is 2.25. The molecule has 168 valence electrons. The molecule has 4 aromatic rings. The zero-order valence-electron chi connectivity index (χ0n) is 18.9. The fourth-order valence-corrected chi connectivity index (χ4v) is 4.75. The maximum Gasteiger partial charge on any atom is 0.191 e. The molecule has 0 bridgehead atoms. The molecule has 0 amide bonds. The number of Topliss-reactive ketones (excluding diaryl/α,β-unsaturated/α-hetero) is 1. The van der Waals surface area contributed by atoms with Crippen molar-refractivity contribution >= 4 is 46.3 Å². The van der Waals surface area contributed by atoms with Gasteiger partial charge in [0.15, 0.2) is 27.7 Å². The molecule has 0 aliphatic carbocycles. The van der Waals surface area contributed by atoms with Crippen molar-refractivity contribution in [3.05, 3.63) is 81.3 Å². The summed E-state index contributed by atoms with van der Waals surface area (Å²) in [6.07, 6.45) is 2.49. The van der Waals surface area contributed by atoms with Crippen molar-refractivity contribution in [3.8, 4) is 11.4 Å². The summed E-state index contributed by atoms with van der Waals surface area (Å²) in [7, 11) is 0. The van der Waals surface area contributed by atoms with E-state index in [0.717, 1.165) is 22.3 Å². The maximum absolute atomic E-state index is 15.2. The van der Waals surface area contributed by atoms with Gasteiger partial charge in [-0.15, -0.1) is 0 Å². The molecule has 1 aliphatic heterocycles. The maximum atomic E-state index is 15.2. The average Bonchev–Trinajstić information content (AvgIpc) is 3.12. The fraction of sp³-hybridized carbons (Fsp3) is 0.192. The number of carbonyl (C=O) groups excluding carboxylic acids is 1. The van der Waals surface area contributed by atoms with Crippen LogP contribution in [0.5, 0.6) is 0 Å². The largest absolute Gasteiger partial charge is 0.294 e. The van der Waals surface area contributed by atoms with E-state index in [-0.39, 0.29) is 23.5 Å². The Labute approximate surface area is 200 Å². The molecular weight excluding hydrogens is 449 g/mol. The number of nitrogens with zero attached hydrogens (tertiary/aromatic N) is 5. The summed E-state index contributed by atoms with van der Waals surface area (Å²) in [5.41, 5.74) is 5.83. The van der Waals surface area contributed by atoms with Crippen LogP contribution in [0.1, 0.15) is 41.3 Å². The number of fused-ring (bicyclic) bond motifs is 2. The summed E-state index contributed by atoms with van der Waals surface area (Å²) in [6.45, 7) is 13.0. The number of benzene rings is 2. The summed E-state index contributed by atoms with van der Waals surface area (Å²) in [6, 6.07) is 10.3. The highest BCUT2D eigenvalue weighted by atomic mass is 32.1. The van der Waals surface area contributed by atoms with Crippen LogP contribution in [0.25, 0.3) is 27.4 Å². The van der Waals surface area contributed by atoms with E-state index in [9.17, 15) is 4.79 Å². The summed E-state index contributed by atoms with van der Waals surface area (Å²) in [5, 5.41) is 0. The SMILES string of the molecule is [C-]#[N+]c1ccc(-n2c(=S)n(-c3cc(F)c4c(c3)C(=O)CC(CC)=N4)c3c(C)ccnc32)cc1C. The van der Waals surface area contributed by atoms with Crippen LogP contribution in [0.2, 0.25) is 0 Å². The molecule has 0 spiro atoms. The Balaban J connectivity index is 1.82. The van der Waals surface area contributed by atoms with Crippen LogP contribution in [0.15, 0.2) is 47.6 Å². The second-order valence-electron chi connectivity index (χ2n) is 8.29. The number of aryl methyl sites for hydroxylation is 2. The zero-order valence-corrected chi connectivity index (χ0v) is 19.7. The molecule has 5 rings (SSSR count). The smallest absolute Gasteiger partial charge is 0.191 e. The molecule has 8 heteroatoms. The Morgan fingerprint density at radius 1 is 1.12 bits per heavy atom. The number of carbonyl (C=O) groups is 1. The molecule has 0 saturated heterocycles. The van der Waals surface area contributed by atoms with Crippen molar-refractivity contribution in [2.75, 3.05) is 0 Å². The lowest BCUT2D eigenvalue weighted by molar-refractivity contribution is 0.0999. The average molecular weight is 470 g/mol. The lowest BCUT2D eigenvalue weighted by atomic mass is 9.98. The van der Waals surface area contributed by atoms with Crippen molar-refractivity contribution in [2.45, 2.75) is 33.6 Å². The Bertz CT molecular complexity index is 1650. The van der Waals surface area contributed by atoms with Crippen LogP contribution in [0.4, 0.5) is 15.8 Å². The molecule has 0 unspecified atom stereocenters. The standard InChI is InChI=1S/C26H20FN5OS/c1-5-16-11-22(33)19-12-18(13-20(27)23(19)30-16)31-24-14(2)8-9-29-25(24)32(26(31)34)17-6-7-21(28-4)15(3)10-17/h6-10,12-13H,5,11H2,1-3H3. The van der Waals surface area contributed by atoms with Crippen LogP contribution in [-0.2, 0) is 0 Å². The molecule has 0 fully saturated rings. The summed E-state index contributed by atoms with van der Waals surface area (Å²) >= 11 is 5.88. The molecule has 2 aromatic heterocycles. The number of aromatic nitrogens is 3. The van der Waals surface area contributed by atoms with Crippen molar-refractivity contribution in [3.63, 3.8) is 0 Å². The van der Waals surface area contributed by atoms with Crippen LogP contribution < -0.4 is 0 Å². The van der Waals surface area contributed by atoms with Gasteiger partial charge in [0.25, 0.3) is 0 Å². The van der Waals surface area contributed by atoms with Crippen molar-refractivity contribution in [1.29, 1.82) is 0 Å². The van der Waals surface area contributed by atoms with Gasteiger partial charge >= 0.3 is 0 Å². The topological polar surface area (TPSA) is 56.5 Å². The van der Waals surface area contributed by atoms with Gasteiger partial charge in [0.05, 0.1) is 17.8 Å². The Hall–Kier alpha value is -3.96. The van der Waals surface area contributed by atoms with Gasteiger partial charge in [-0.05, 0) is 67.9 Å². The number of imidazole rings is 1. The summed E-state index contributed by atoms with van der Waals surface area (Å²) < 4.78 is 19.2. The minimum Gasteiger partial charge on any atom is -0.294 e. The number of aliphatic imine (C=N–C) groups is 1. The van der Waals surface area contributed by atoms with E-state index in [4.69, 9.17) is 18.8 Å². The van der Waals surface area contributed by atoms with E-state index in [1.807, 2.05) is 43.5 Å². The number of hydrogen-bond acceptors (Lipinski definition) is 4. The van der Waals surface area contributed by atoms with E-state index in [2.05, 4.69) is 14.8 Å². The molecule has 0 atom stereocenters. The van der Waals surface area contributed by atoms with Crippen LogP contribution in [0, 0.1) is 31.0 Å². The van der Waals surface area contributed by atoms with Gasteiger partial charge < -0.3 is 0 Å². The zero-order chi connectivity index (χ0) is 24.1. The van der Waals surface area contributed by atoms with Crippen LogP contribution in [-0.4, -0.2) is 25.6 Å².